The minimum Gasteiger partial charge on any atom is -0.399 e. The summed E-state index contributed by atoms with van der Waals surface area (Å²) < 4.78 is 0. The van der Waals surface area contributed by atoms with Crippen LogP contribution in [-0.4, -0.2) is 47.4 Å². The van der Waals surface area contributed by atoms with Crippen molar-refractivity contribution in [1.29, 1.82) is 0 Å². The maximum absolute atomic E-state index is 6.17. The summed E-state index contributed by atoms with van der Waals surface area (Å²) in [6.45, 7) is 3.53. The minimum absolute atomic E-state index is 0.658. The van der Waals surface area contributed by atoms with Crippen LogP contribution in [0.15, 0.2) is 53.8 Å². The molecule has 1 aliphatic rings. The predicted octanol–water partition coefficient (Wildman–Crippen LogP) is 2.75. The van der Waals surface area contributed by atoms with E-state index in [4.69, 9.17) is 16.5 Å². The van der Waals surface area contributed by atoms with E-state index in [9.17, 15) is 0 Å². The quantitative estimate of drug-likeness (QED) is 0.397. The number of hydrogen-bond donors (Lipinski definition) is 2. The molecule has 1 aliphatic heterocycles. The van der Waals surface area contributed by atoms with E-state index in [1.807, 2.05) is 48.9 Å². The lowest BCUT2D eigenvalue weighted by Crippen LogP contribution is -2.47. The van der Waals surface area contributed by atoms with Gasteiger partial charge >= 0.3 is 0 Å². The van der Waals surface area contributed by atoms with E-state index in [1.54, 1.807) is 6.07 Å². The number of benzene rings is 1. The van der Waals surface area contributed by atoms with Crippen LogP contribution >= 0.6 is 11.8 Å². The third kappa shape index (κ3) is 3.82. The molecule has 1 fully saturated rings. The molecular formula is C20H23N7S. The second-order valence-corrected chi connectivity index (χ2v) is 7.38. The molecule has 0 radical (unpaired) electrons. The first kappa shape index (κ1) is 18.4. The summed E-state index contributed by atoms with van der Waals surface area (Å²) in [4.78, 5) is 18.4. The minimum atomic E-state index is 0.658. The molecule has 7 nitrogen and oxygen atoms in total. The number of nitrogen functional groups attached to an aromatic ring is 2. The van der Waals surface area contributed by atoms with E-state index in [0.29, 0.717) is 11.4 Å². The van der Waals surface area contributed by atoms with E-state index in [-0.39, 0.29) is 0 Å². The summed E-state index contributed by atoms with van der Waals surface area (Å²) in [5.74, 6) is 1.93. The third-order valence-corrected chi connectivity index (χ3v) is 5.35. The van der Waals surface area contributed by atoms with Crippen LogP contribution in [0.4, 0.5) is 23.0 Å². The highest BCUT2D eigenvalue weighted by Crippen LogP contribution is 2.30. The Bertz CT molecular complexity index is 956. The summed E-state index contributed by atoms with van der Waals surface area (Å²) in [6, 6.07) is 13.5. The summed E-state index contributed by atoms with van der Waals surface area (Å²) in [7, 11) is 0. The van der Waals surface area contributed by atoms with Gasteiger partial charge in [0.2, 0.25) is 0 Å². The van der Waals surface area contributed by atoms with Gasteiger partial charge in [-0.2, -0.15) is 0 Å². The molecule has 0 bridgehead atoms. The van der Waals surface area contributed by atoms with Crippen molar-refractivity contribution in [2.45, 2.75) is 5.16 Å². The smallest absolute Gasteiger partial charge is 0.189 e. The zero-order valence-electron chi connectivity index (χ0n) is 15.7. The highest BCUT2D eigenvalue weighted by atomic mass is 32.2. The van der Waals surface area contributed by atoms with E-state index in [2.05, 4.69) is 19.8 Å². The highest BCUT2D eigenvalue weighted by Gasteiger charge is 2.20. The molecule has 4 rings (SSSR count). The van der Waals surface area contributed by atoms with Crippen molar-refractivity contribution in [2.24, 2.45) is 0 Å². The first-order valence-electron chi connectivity index (χ1n) is 9.13. The molecule has 0 aliphatic carbocycles. The molecular weight excluding hydrogens is 370 g/mol. The molecule has 0 unspecified atom stereocenters. The number of piperazine rings is 1. The van der Waals surface area contributed by atoms with Crippen molar-refractivity contribution in [2.75, 3.05) is 53.7 Å². The fourth-order valence-corrected chi connectivity index (χ4v) is 3.68. The number of anilines is 4. The lowest BCUT2D eigenvalue weighted by atomic mass is 10.1. The number of pyridine rings is 1. The molecule has 144 valence electrons. The molecule has 0 spiro atoms. The van der Waals surface area contributed by atoms with E-state index in [1.165, 1.54) is 11.8 Å². The van der Waals surface area contributed by atoms with Crippen LogP contribution in [0.2, 0.25) is 0 Å². The Morgan fingerprint density at radius 2 is 1.64 bits per heavy atom. The molecule has 0 atom stereocenters. The topological polar surface area (TPSA) is 97.2 Å². The Labute approximate surface area is 168 Å². The average Bonchev–Trinajstić information content (AvgIpc) is 2.76. The van der Waals surface area contributed by atoms with Gasteiger partial charge in [-0.25, -0.2) is 15.0 Å². The molecule has 2 aromatic heterocycles. The fourth-order valence-electron chi connectivity index (χ4n) is 3.31. The van der Waals surface area contributed by atoms with Crippen LogP contribution in [0.5, 0.6) is 0 Å². The Morgan fingerprint density at radius 1 is 0.893 bits per heavy atom. The average molecular weight is 394 g/mol. The fraction of sp³-hybridized carbons (Fsp3) is 0.250. The molecule has 0 amide bonds. The summed E-state index contributed by atoms with van der Waals surface area (Å²) in [5.41, 5.74) is 15.1. The number of hydrogen-bond acceptors (Lipinski definition) is 8. The van der Waals surface area contributed by atoms with Gasteiger partial charge in [-0.05, 0) is 36.6 Å². The van der Waals surface area contributed by atoms with Crippen LogP contribution in [0.1, 0.15) is 0 Å². The zero-order valence-corrected chi connectivity index (χ0v) is 16.6. The molecule has 3 aromatic rings. The first-order valence-corrected chi connectivity index (χ1v) is 10.4. The summed E-state index contributed by atoms with van der Waals surface area (Å²) >= 11 is 1.52. The van der Waals surface area contributed by atoms with Gasteiger partial charge in [0, 0.05) is 55.4 Å². The van der Waals surface area contributed by atoms with Crippen molar-refractivity contribution >= 4 is 34.8 Å². The Balaban J connectivity index is 1.59. The van der Waals surface area contributed by atoms with Gasteiger partial charge in [0.1, 0.15) is 11.6 Å². The lowest BCUT2D eigenvalue weighted by Gasteiger charge is -2.36. The second-order valence-electron chi connectivity index (χ2n) is 6.61. The van der Waals surface area contributed by atoms with Crippen molar-refractivity contribution in [3.63, 3.8) is 0 Å². The van der Waals surface area contributed by atoms with E-state index in [0.717, 1.165) is 54.2 Å². The Kier molecular flexibility index (Phi) is 5.21. The molecule has 28 heavy (non-hydrogen) atoms. The van der Waals surface area contributed by atoms with Crippen LogP contribution in [-0.2, 0) is 0 Å². The van der Waals surface area contributed by atoms with E-state index < -0.39 is 0 Å². The second kappa shape index (κ2) is 7.93. The molecule has 3 heterocycles. The number of nitrogens with two attached hydrogens (primary N) is 2. The molecule has 8 heteroatoms. The van der Waals surface area contributed by atoms with Crippen molar-refractivity contribution < 1.29 is 0 Å². The normalized spacial score (nSPS) is 14.3. The number of aromatic nitrogens is 3. The molecule has 4 N–H and O–H groups in total. The first-order chi connectivity index (χ1) is 13.6. The van der Waals surface area contributed by atoms with Crippen LogP contribution in [0, 0.1) is 0 Å². The SMILES string of the molecule is CSc1nc(-c2cc(N)ccc2N)cc(N2CCN(c3ccccn3)CC2)n1. The van der Waals surface area contributed by atoms with Crippen molar-refractivity contribution in [1.82, 2.24) is 15.0 Å². The van der Waals surface area contributed by atoms with Crippen LogP contribution in [0.3, 0.4) is 0 Å². The van der Waals surface area contributed by atoms with Crippen molar-refractivity contribution in [3.8, 4) is 11.3 Å². The largest absolute Gasteiger partial charge is 0.399 e. The van der Waals surface area contributed by atoms with Crippen LogP contribution < -0.4 is 21.3 Å². The van der Waals surface area contributed by atoms with Gasteiger partial charge in [-0.3, -0.25) is 0 Å². The number of rotatable bonds is 4. The predicted molar refractivity (Wildman–Crippen MR) is 117 cm³/mol. The third-order valence-electron chi connectivity index (χ3n) is 4.80. The maximum Gasteiger partial charge on any atom is 0.189 e. The van der Waals surface area contributed by atoms with Gasteiger partial charge in [-0.1, -0.05) is 17.8 Å². The zero-order chi connectivity index (χ0) is 19.5. The Morgan fingerprint density at radius 3 is 2.32 bits per heavy atom. The molecule has 0 saturated carbocycles. The standard InChI is InChI=1S/C20H23N7S/c1-28-20-24-17(15-12-14(21)5-6-16(15)22)13-19(25-20)27-10-8-26(9-11-27)18-4-2-3-7-23-18/h2-7,12-13H,8-11,21-22H2,1H3. The van der Waals surface area contributed by atoms with E-state index >= 15 is 0 Å². The maximum atomic E-state index is 6.17. The lowest BCUT2D eigenvalue weighted by molar-refractivity contribution is 0.638. The van der Waals surface area contributed by atoms with Gasteiger partial charge in [-0.15, -0.1) is 0 Å². The van der Waals surface area contributed by atoms with Gasteiger partial charge in [0.05, 0.1) is 5.69 Å². The van der Waals surface area contributed by atoms with Crippen molar-refractivity contribution in [3.05, 3.63) is 48.7 Å². The molecule has 1 saturated heterocycles. The van der Waals surface area contributed by atoms with Gasteiger partial charge in [0.15, 0.2) is 5.16 Å². The summed E-state index contributed by atoms with van der Waals surface area (Å²) in [5, 5.41) is 0.724. The van der Waals surface area contributed by atoms with Gasteiger partial charge < -0.3 is 21.3 Å². The van der Waals surface area contributed by atoms with Crippen LogP contribution in [0.25, 0.3) is 11.3 Å². The number of thioether (sulfide) groups is 1. The number of nitrogens with zero attached hydrogens (tertiary/aromatic N) is 5. The monoisotopic (exact) mass is 393 g/mol. The highest BCUT2D eigenvalue weighted by molar-refractivity contribution is 7.98. The van der Waals surface area contributed by atoms with Gasteiger partial charge in [0.25, 0.3) is 0 Å². The summed E-state index contributed by atoms with van der Waals surface area (Å²) in [6.07, 6.45) is 3.81. The molecule has 1 aromatic carbocycles. The Hall–Kier alpha value is -3.00.